The summed E-state index contributed by atoms with van der Waals surface area (Å²) < 4.78 is 8.38. The van der Waals surface area contributed by atoms with Crippen molar-refractivity contribution < 1.29 is 21.8 Å². The Morgan fingerprint density at radius 1 is 1.25 bits per heavy atom. The molecule has 0 saturated carbocycles. The van der Waals surface area contributed by atoms with Gasteiger partial charge in [0.25, 0.3) is 0 Å². The molecule has 0 spiro atoms. The first-order chi connectivity index (χ1) is 1.00. The SMILES string of the molecule is [InH3].[MgH2].[O]=[Zn]. The zero-order valence-electron chi connectivity index (χ0n) is 1.12. The summed E-state index contributed by atoms with van der Waals surface area (Å²) in [4.78, 5) is 0. The second kappa shape index (κ2) is 19.7. The zero-order chi connectivity index (χ0) is 2.00. The summed E-state index contributed by atoms with van der Waals surface area (Å²) in [6.45, 7) is 0. The Kier molecular flexibility index (Phi) is 81.4. The second-order valence-electron chi connectivity index (χ2n) is 0. The minimum absolute atomic E-state index is 0. The van der Waals surface area contributed by atoms with Crippen LogP contribution in [0, 0.1) is 0 Å². The number of hydrogen-bond acceptors (Lipinski definition) is 1. The van der Waals surface area contributed by atoms with E-state index >= 15 is 0 Å². The van der Waals surface area contributed by atoms with Crippen molar-refractivity contribution in [2.75, 3.05) is 0 Å². The van der Waals surface area contributed by atoms with E-state index in [1.165, 1.54) is 0 Å². The average Bonchev–Trinajstić information content (AvgIpc) is 1.00. The van der Waals surface area contributed by atoms with Gasteiger partial charge in [0.05, 0.1) is 0 Å². The molecule has 0 saturated heterocycles. The van der Waals surface area contributed by atoms with Crippen LogP contribution < -0.4 is 0 Å². The van der Waals surface area contributed by atoms with E-state index in [9.17, 15) is 0 Å². The normalized spacial score (nSPS) is 1.50. The van der Waals surface area contributed by atoms with E-state index in [2.05, 4.69) is 0 Å². The van der Waals surface area contributed by atoms with Gasteiger partial charge in [-0.2, -0.15) is 0 Å². The Bertz CT molecular complexity index is 8.00. The Balaban J connectivity index is -0.00000000500. The molecule has 0 atom stereocenters. The third-order valence-electron chi connectivity index (χ3n) is 0. The standard InChI is InChI=1S/In.Mg.O.Zn.5H. The van der Waals surface area contributed by atoms with Crippen LogP contribution in [0.2, 0.25) is 0 Å². The van der Waals surface area contributed by atoms with Crippen molar-refractivity contribution >= 4 is 48.9 Å². The third kappa shape index (κ3) is 8.96. The predicted octanol–water partition coefficient (Wildman–Crippen LogP) is -2.22. The first-order valence-corrected chi connectivity index (χ1v) is 1.50. The Hall–Kier alpha value is 2.06. The van der Waals surface area contributed by atoms with E-state index in [4.69, 9.17) is 3.57 Å². The van der Waals surface area contributed by atoms with E-state index in [1.54, 1.807) is 0 Å². The van der Waals surface area contributed by atoms with E-state index in [0.29, 0.717) is 0 Å². The van der Waals surface area contributed by atoms with Crippen molar-refractivity contribution in [3.05, 3.63) is 0 Å². The van der Waals surface area contributed by atoms with Gasteiger partial charge >= 0.3 is 70.7 Å². The van der Waals surface area contributed by atoms with Crippen LogP contribution in [0.5, 0.6) is 0 Å². The van der Waals surface area contributed by atoms with Gasteiger partial charge in [-0.25, -0.2) is 0 Å². The van der Waals surface area contributed by atoms with E-state index in [1.807, 2.05) is 0 Å². The van der Waals surface area contributed by atoms with Crippen molar-refractivity contribution in [1.29, 1.82) is 0 Å². The summed E-state index contributed by atoms with van der Waals surface area (Å²) in [5.74, 6) is 0. The van der Waals surface area contributed by atoms with Crippen LogP contribution in [0.25, 0.3) is 0 Å². The maximum atomic E-state index is 8.38. The van der Waals surface area contributed by atoms with Gasteiger partial charge in [-0.15, -0.1) is 0 Å². The molecule has 0 aromatic carbocycles. The van der Waals surface area contributed by atoms with E-state index in [-0.39, 0.29) is 67.1 Å². The summed E-state index contributed by atoms with van der Waals surface area (Å²) in [7, 11) is 0. The van der Waals surface area contributed by atoms with Crippen molar-refractivity contribution in [2.24, 2.45) is 0 Å². The molecule has 4 heteroatoms. The topological polar surface area (TPSA) is 17.1 Å². The quantitative estimate of drug-likeness (QED) is 0.427. The molecule has 0 N–H and O–H groups in total. The van der Waals surface area contributed by atoms with Crippen LogP contribution in [0.3, 0.4) is 0 Å². The molecule has 0 unspecified atom stereocenters. The molecule has 0 aliphatic rings. The number of hydrogen-bond donors (Lipinski definition) is 0. The first-order valence-electron chi connectivity index (χ1n) is 0.289. The molecule has 18 valence electrons. The molecule has 0 rings (SSSR count). The van der Waals surface area contributed by atoms with Crippen LogP contribution in [-0.2, 0) is 21.8 Å². The molecule has 4 heavy (non-hydrogen) atoms. The summed E-state index contributed by atoms with van der Waals surface area (Å²) in [6.07, 6.45) is 0. The molecule has 0 aliphatic carbocycles. The Labute approximate surface area is 69.8 Å². The summed E-state index contributed by atoms with van der Waals surface area (Å²) in [5, 5.41) is 0. The third-order valence-corrected chi connectivity index (χ3v) is 0. The van der Waals surface area contributed by atoms with Gasteiger partial charge in [-0.3, -0.25) is 0 Å². The first kappa shape index (κ1) is 16.6. The van der Waals surface area contributed by atoms with Gasteiger partial charge in [0, 0.05) is 0 Å². The van der Waals surface area contributed by atoms with E-state index in [0.717, 1.165) is 0 Å². The van der Waals surface area contributed by atoms with Gasteiger partial charge in [-0.1, -0.05) is 0 Å². The molecule has 1 nitrogen and oxygen atoms in total. The molecular formula is H5InMgOZn. The average molecular weight is 226 g/mol. The fourth-order valence-corrected chi connectivity index (χ4v) is 0. The molecular weight excluding hydrogens is 221 g/mol. The Morgan fingerprint density at radius 3 is 1.25 bits per heavy atom. The van der Waals surface area contributed by atoms with Crippen molar-refractivity contribution in [2.45, 2.75) is 0 Å². The van der Waals surface area contributed by atoms with Gasteiger partial charge < -0.3 is 0 Å². The van der Waals surface area contributed by atoms with Gasteiger partial charge in [0.2, 0.25) is 0 Å². The van der Waals surface area contributed by atoms with Crippen molar-refractivity contribution in [1.82, 2.24) is 0 Å². The van der Waals surface area contributed by atoms with Gasteiger partial charge in [0.15, 0.2) is 0 Å². The molecule has 0 fully saturated rings. The fourth-order valence-electron chi connectivity index (χ4n) is 0. The maximum absolute atomic E-state index is 8.38. The molecule has 0 heterocycles. The van der Waals surface area contributed by atoms with E-state index < -0.39 is 0 Å². The second-order valence-corrected chi connectivity index (χ2v) is 0. The van der Waals surface area contributed by atoms with Gasteiger partial charge in [0.1, 0.15) is 0 Å². The van der Waals surface area contributed by atoms with Crippen LogP contribution in [-0.4, -0.2) is 48.9 Å². The molecule has 0 radical (unpaired) electrons. The molecule has 0 aliphatic heterocycles. The van der Waals surface area contributed by atoms with Crippen LogP contribution in [0.15, 0.2) is 0 Å². The summed E-state index contributed by atoms with van der Waals surface area (Å²) in [5.41, 5.74) is 0. The monoisotopic (exact) mass is 224 g/mol. The van der Waals surface area contributed by atoms with Crippen molar-refractivity contribution in [3.63, 3.8) is 0 Å². The molecule has 0 aromatic rings. The number of rotatable bonds is 0. The molecule has 0 amide bonds. The van der Waals surface area contributed by atoms with Crippen LogP contribution in [0.4, 0.5) is 0 Å². The Morgan fingerprint density at radius 2 is 1.25 bits per heavy atom. The molecule has 0 aromatic heterocycles. The predicted molar refractivity (Wildman–Crippen MR) is 19.2 cm³/mol. The summed E-state index contributed by atoms with van der Waals surface area (Å²) in [6, 6.07) is 0. The fraction of sp³-hybridized carbons (Fsp3) is 0. The summed E-state index contributed by atoms with van der Waals surface area (Å²) >= 11 is 0.125. The minimum atomic E-state index is 0. The van der Waals surface area contributed by atoms with Crippen LogP contribution in [0.1, 0.15) is 0 Å². The van der Waals surface area contributed by atoms with Gasteiger partial charge in [-0.05, 0) is 0 Å². The van der Waals surface area contributed by atoms with Crippen molar-refractivity contribution in [3.8, 4) is 0 Å². The van der Waals surface area contributed by atoms with Crippen LogP contribution >= 0.6 is 0 Å². The molecule has 0 bridgehead atoms. The zero-order valence-corrected chi connectivity index (χ0v) is 4.08.